The summed E-state index contributed by atoms with van der Waals surface area (Å²) < 4.78 is 56.5. The Kier molecular flexibility index (Phi) is 8.34. The topological polar surface area (TPSA) is 69.6 Å². The summed E-state index contributed by atoms with van der Waals surface area (Å²) in [5.41, 5.74) is -0.367. The van der Waals surface area contributed by atoms with E-state index in [1.807, 2.05) is 22.6 Å². The molecule has 1 unspecified atom stereocenters. The Morgan fingerprint density at radius 3 is 2.39 bits per heavy atom. The van der Waals surface area contributed by atoms with Gasteiger partial charge in [-0.3, -0.25) is 9.59 Å². The highest BCUT2D eigenvalue weighted by Crippen LogP contribution is 2.48. The monoisotopic (exact) mass is 660 g/mol. The van der Waals surface area contributed by atoms with E-state index in [1.54, 1.807) is 6.92 Å². The Balaban J connectivity index is 1.72. The Morgan fingerprint density at radius 2 is 1.76 bits per heavy atom. The lowest BCUT2D eigenvalue weighted by molar-refractivity contribution is -0.123. The zero-order valence-corrected chi connectivity index (χ0v) is 23.0. The highest BCUT2D eigenvalue weighted by Gasteiger charge is 2.48. The van der Waals surface area contributed by atoms with Crippen molar-refractivity contribution in [1.82, 2.24) is 5.32 Å². The maximum absolute atomic E-state index is 14.6. The molecule has 0 saturated carbocycles. The number of carbonyl (C=O) groups excluding carboxylic acids is 2. The van der Waals surface area contributed by atoms with Crippen molar-refractivity contribution in [2.45, 2.75) is 38.3 Å². The number of nitrogens with zero attached hydrogens (tertiary/aromatic N) is 1. The molecule has 0 radical (unpaired) electrons. The highest BCUT2D eigenvalue weighted by molar-refractivity contribution is 14.1. The molecular formula is C27H22ClF4IN2O3. The fraction of sp³-hybridized carbons (Fsp3) is 0.259. The van der Waals surface area contributed by atoms with E-state index < -0.39 is 46.7 Å². The van der Waals surface area contributed by atoms with Crippen LogP contribution >= 0.6 is 34.2 Å². The maximum atomic E-state index is 14.6. The predicted octanol–water partition coefficient (Wildman–Crippen LogP) is 6.01. The van der Waals surface area contributed by atoms with E-state index in [9.17, 15) is 32.3 Å². The van der Waals surface area contributed by atoms with Gasteiger partial charge in [0.25, 0.3) is 5.91 Å². The molecular weight excluding hydrogens is 639 g/mol. The fourth-order valence-electron chi connectivity index (χ4n) is 4.67. The van der Waals surface area contributed by atoms with Gasteiger partial charge in [-0.2, -0.15) is 0 Å². The van der Waals surface area contributed by atoms with Crippen molar-refractivity contribution >= 4 is 51.7 Å². The number of anilines is 1. The third kappa shape index (κ3) is 5.26. The molecule has 1 aliphatic rings. The smallest absolute Gasteiger partial charge is 0.251 e. The first-order valence-electron chi connectivity index (χ1n) is 11.6. The lowest BCUT2D eigenvalue weighted by atomic mass is 9.79. The number of nitrogens with one attached hydrogen (secondary N) is 1. The molecule has 2 amide bonds. The van der Waals surface area contributed by atoms with Crippen LogP contribution in [0.5, 0.6) is 0 Å². The van der Waals surface area contributed by atoms with Gasteiger partial charge in [-0.25, -0.2) is 17.6 Å². The number of benzene rings is 3. The van der Waals surface area contributed by atoms with E-state index in [0.29, 0.717) is 39.8 Å². The van der Waals surface area contributed by atoms with Gasteiger partial charge in [-0.05, 0) is 66.6 Å². The van der Waals surface area contributed by atoms with Gasteiger partial charge in [0.2, 0.25) is 5.91 Å². The van der Waals surface area contributed by atoms with Gasteiger partial charge in [0, 0.05) is 56.1 Å². The van der Waals surface area contributed by atoms with Crippen molar-refractivity contribution in [3.8, 4) is 0 Å². The number of hydrogen-bond acceptors (Lipinski definition) is 3. The molecule has 0 aliphatic carbocycles. The molecule has 0 spiro atoms. The third-order valence-corrected chi connectivity index (χ3v) is 7.84. The van der Waals surface area contributed by atoms with Gasteiger partial charge in [0.05, 0.1) is 17.6 Å². The average Bonchev–Trinajstić information content (AvgIpc) is 3.06. The molecule has 4 rings (SSSR count). The van der Waals surface area contributed by atoms with Crippen molar-refractivity contribution in [3.63, 3.8) is 0 Å². The minimum absolute atomic E-state index is 0.0971. The number of aliphatic hydroxyl groups is 1. The van der Waals surface area contributed by atoms with E-state index in [2.05, 4.69) is 5.32 Å². The number of aliphatic hydroxyl groups excluding tert-OH is 1. The third-order valence-electron chi connectivity index (χ3n) is 6.64. The van der Waals surface area contributed by atoms with Gasteiger partial charge >= 0.3 is 0 Å². The molecule has 5 nitrogen and oxygen atoms in total. The summed E-state index contributed by atoms with van der Waals surface area (Å²) in [5, 5.41) is 12.0. The minimum atomic E-state index is -1.13. The van der Waals surface area contributed by atoms with E-state index in [4.69, 9.17) is 11.6 Å². The van der Waals surface area contributed by atoms with Crippen LogP contribution in [0.2, 0.25) is 5.02 Å². The van der Waals surface area contributed by atoms with Crippen LogP contribution in [-0.2, 0) is 23.3 Å². The van der Waals surface area contributed by atoms with E-state index in [0.717, 1.165) is 0 Å². The number of amides is 2. The van der Waals surface area contributed by atoms with Crippen molar-refractivity contribution in [1.29, 1.82) is 0 Å². The van der Waals surface area contributed by atoms with E-state index >= 15 is 0 Å². The van der Waals surface area contributed by atoms with Crippen LogP contribution in [0.1, 0.15) is 46.8 Å². The lowest BCUT2D eigenvalue weighted by Crippen LogP contribution is -2.38. The van der Waals surface area contributed by atoms with Crippen molar-refractivity contribution in [2.75, 3.05) is 11.5 Å². The molecule has 200 valence electrons. The van der Waals surface area contributed by atoms with Gasteiger partial charge < -0.3 is 15.3 Å². The van der Waals surface area contributed by atoms with Crippen molar-refractivity contribution in [3.05, 3.63) is 96.6 Å². The molecule has 3 aromatic rings. The van der Waals surface area contributed by atoms with E-state index in [-0.39, 0.29) is 35.2 Å². The van der Waals surface area contributed by atoms with Crippen LogP contribution in [0.25, 0.3) is 0 Å². The molecule has 1 aliphatic heterocycles. The summed E-state index contributed by atoms with van der Waals surface area (Å²) >= 11 is 8.22. The Hall–Kier alpha value is -2.70. The molecule has 11 heteroatoms. The van der Waals surface area contributed by atoms with Gasteiger partial charge in [0.15, 0.2) is 0 Å². The van der Waals surface area contributed by atoms with Crippen molar-refractivity contribution < 1.29 is 32.3 Å². The van der Waals surface area contributed by atoms with Crippen LogP contribution in [0.4, 0.5) is 23.2 Å². The van der Waals surface area contributed by atoms with Crippen LogP contribution in [0.15, 0.2) is 42.5 Å². The first kappa shape index (κ1) is 28.3. The molecule has 0 bridgehead atoms. The average molecular weight is 661 g/mol. The second-order valence-electron chi connectivity index (χ2n) is 9.13. The quantitative estimate of drug-likeness (QED) is 0.230. The van der Waals surface area contributed by atoms with Crippen LogP contribution in [0.3, 0.4) is 0 Å². The molecule has 38 heavy (non-hydrogen) atoms. The standard InChI is InChI=1S/C27H22ClF4IN2O3/c1-27(6-3-7-36)24-22(33)8-14(25(37)34-12-16-20(31)10-15(29)11-21(16)32)9-23(24)35(26(27)38)13-17-18(28)4-2-5-19(17)30/h2,4-5,8-11,36H,3,6-7,12-13H2,1H3,(H,34,37). The summed E-state index contributed by atoms with van der Waals surface area (Å²) in [6.07, 6.45) is 0.643. The first-order chi connectivity index (χ1) is 18.0. The van der Waals surface area contributed by atoms with Gasteiger partial charge in [-0.15, -0.1) is 0 Å². The SMILES string of the molecule is CC1(CCCO)C(=O)N(Cc2c(F)cccc2Cl)c2cc(C(=O)NCc3c(F)cc(F)cc3F)cc(I)c21. The molecule has 0 aromatic heterocycles. The maximum Gasteiger partial charge on any atom is 0.251 e. The Morgan fingerprint density at radius 1 is 1.08 bits per heavy atom. The van der Waals surface area contributed by atoms with Crippen LogP contribution in [0, 0.1) is 26.8 Å². The summed E-state index contributed by atoms with van der Waals surface area (Å²) in [6, 6.07) is 8.23. The van der Waals surface area contributed by atoms with Gasteiger partial charge in [0.1, 0.15) is 23.3 Å². The van der Waals surface area contributed by atoms with Gasteiger partial charge in [-0.1, -0.05) is 17.7 Å². The second kappa shape index (κ2) is 11.2. The summed E-state index contributed by atoms with van der Waals surface area (Å²) in [7, 11) is 0. The largest absolute Gasteiger partial charge is 0.396 e. The molecule has 3 aromatic carbocycles. The number of fused-ring (bicyclic) bond motifs is 1. The zero-order chi connectivity index (χ0) is 27.8. The molecule has 0 fully saturated rings. The Labute approximate surface area is 234 Å². The van der Waals surface area contributed by atoms with Crippen LogP contribution < -0.4 is 10.2 Å². The molecule has 1 heterocycles. The highest BCUT2D eigenvalue weighted by atomic mass is 127. The summed E-state index contributed by atoms with van der Waals surface area (Å²) in [4.78, 5) is 28.1. The van der Waals surface area contributed by atoms with Crippen molar-refractivity contribution in [2.24, 2.45) is 0 Å². The normalized spacial score (nSPS) is 16.6. The van der Waals surface area contributed by atoms with E-state index in [1.165, 1.54) is 35.2 Å². The second-order valence-corrected chi connectivity index (χ2v) is 10.7. The number of hydrogen-bond donors (Lipinski definition) is 2. The predicted molar refractivity (Wildman–Crippen MR) is 143 cm³/mol. The zero-order valence-electron chi connectivity index (χ0n) is 20.1. The number of halogens is 6. The molecule has 0 saturated heterocycles. The first-order valence-corrected chi connectivity index (χ1v) is 13.0. The summed E-state index contributed by atoms with van der Waals surface area (Å²) in [6.45, 7) is 0.866. The lowest BCUT2D eigenvalue weighted by Gasteiger charge is -2.25. The minimum Gasteiger partial charge on any atom is -0.396 e. The number of carbonyl (C=O) groups is 2. The summed E-state index contributed by atoms with van der Waals surface area (Å²) in [5.74, 6) is -4.97. The van der Waals surface area contributed by atoms with Crippen LogP contribution in [-0.4, -0.2) is 23.5 Å². The molecule has 2 N–H and O–H groups in total. The number of rotatable bonds is 8. The fourth-order valence-corrected chi connectivity index (χ4v) is 6.10. The molecule has 1 atom stereocenters. The Bertz CT molecular complexity index is 1390.